The Kier molecular flexibility index (Phi) is 5.36. The predicted molar refractivity (Wildman–Crippen MR) is 86.0 cm³/mol. The molecule has 1 N–H and O–H groups in total. The lowest BCUT2D eigenvalue weighted by molar-refractivity contribution is -0.137. The number of aromatic nitrogens is 1. The number of aliphatic hydroxyl groups is 1. The summed E-state index contributed by atoms with van der Waals surface area (Å²) in [5.74, 6) is -5.10. The molecule has 0 aliphatic heterocycles. The van der Waals surface area contributed by atoms with Gasteiger partial charge in [0, 0.05) is 28.5 Å². The summed E-state index contributed by atoms with van der Waals surface area (Å²) in [7, 11) is 0. The zero-order valence-corrected chi connectivity index (χ0v) is 15.1. The molecule has 13 heteroatoms. The predicted octanol–water partition coefficient (Wildman–Crippen LogP) is 5.60. The molecule has 2 aromatic rings. The standard InChI is InChI=1S/C17H8F8N2O2S/c18-15(19)5-9-10(1-2-11(13(9)14(15)28)30-17(23,24)25)29-12-4-7(16(20,21)22)3-8(6-26)27-12/h1-4,14,28H,5H2. The average molecular weight is 456 g/mol. The van der Waals surface area contributed by atoms with E-state index in [2.05, 4.69) is 4.98 Å². The Morgan fingerprint density at radius 2 is 1.83 bits per heavy atom. The molecule has 0 saturated carbocycles. The van der Waals surface area contributed by atoms with E-state index in [-0.39, 0.29) is 0 Å². The number of aliphatic hydroxyl groups excluding tert-OH is 1. The highest BCUT2D eigenvalue weighted by molar-refractivity contribution is 8.00. The fourth-order valence-corrected chi connectivity index (χ4v) is 3.58. The third-order valence-corrected chi connectivity index (χ3v) is 4.85. The Balaban J connectivity index is 2.09. The van der Waals surface area contributed by atoms with Crippen molar-refractivity contribution in [1.82, 2.24) is 4.98 Å². The molecule has 4 nitrogen and oxygen atoms in total. The molecule has 0 spiro atoms. The number of halogens is 8. The first-order valence-corrected chi connectivity index (χ1v) is 8.67. The Bertz CT molecular complexity index is 1030. The fourth-order valence-electron chi connectivity index (χ4n) is 2.85. The highest BCUT2D eigenvalue weighted by Crippen LogP contribution is 2.52. The van der Waals surface area contributed by atoms with Crippen molar-refractivity contribution in [3.8, 4) is 17.7 Å². The molecule has 1 aliphatic rings. The van der Waals surface area contributed by atoms with Crippen molar-refractivity contribution in [3.05, 3.63) is 46.6 Å². The Morgan fingerprint density at radius 1 is 1.17 bits per heavy atom. The van der Waals surface area contributed by atoms with Gasteiger partial charge in [-0.25, -0.2) is 13.8 Å². The molecule has 30 heavy (non-hydrogen) atoms. The monoisotopic (exact) mass is 456 g/mol. The molecular formula is C17H8F8N2O2S. The maximum absolute atomic E-state index is 14.0. The van der Waals surface area contributed by atoms with Crippen molar-refractivity contribution in [3.63, 3.8) is 0 Å². The zero-order valence-electron chi connectivity index (χ0n) is 14.3. The van der Waals surface area contributed by atoms with Crippen molar-refractivity contribution in [2.45, 2.75) is 35.0 Å². The minimum Gasteiger partial charge on any atom is -0.439 e. The molecule has 1 aromatic carbocycles. The van der Waals surface area contributed by atoms with E-state index in [9.17, 15) is 40.2 Å². The van der Waals surface area contributed by atoms with Crippen LogP contribution in [0.3, 0.4) is 0 Å². The highest BCUT2D eigenvalue weighted by Gasteiger charge is 2.50. The Morgan fingerprint density at radius 3 is 2.40 bits per heavy atom. The maximum atomic E-state index is 14.0. The van der Waals surface area contributed by atoms with Crippen LogP contribution in [0.1, 0.15) is 28.5 Å². The summed E-state index contributed by atoms with van der Waals surface area (Å²) in [5.41, 5.74) is -8.04. The number of rotatable bonds is 3. The number of nitriles is 1. The number of thioether (sulfide) groups is 1. The molecule has 1 aliphatic carbocycles. The van der Waals surface area contributed by atoms with Crippen LogP contribution in [-0.2, 0) is 12.6 Å². The van der Waals surface area contributed by atoms with E-state index in [0.717, 1.165) is 12.1 Å². The van der Waals surface area contributed by atoms with E-state index >= 15 is 0 Å². The highest BCUT2D eigenvalue weighted by atomic mass is 32.2. The molecule has 0 bridgehead atoms. The van der Waals surface area contributed by atoms with Crippen LogP contribution in [0.4, 0.5) is 35.1 Å². The van der Waals surface area contributed by atoms with Crippen LogP contribution in [0.2, 0.25) is 0 Å². The second kappa shape index (κ2) is 7.28. The normalized spacial score (nSPS) is 18.1. The molecule has 0 amide bonds. The molecular weight excluding hydrogens is 448 g/mol. The van der Waals surface area contributed by atoms with E-state index < -0.39 is 80.8 Å². The van der Waals surface area contributed by atoms with E-state index in [1.807, 2.05) is 0 Å². The van der Waals surface area contributed by atoms with Crippen LogP contribution < -0.4 is 4.74 Å². The van der Waals surface area contributed by atoms with Crippen molar-refractivity contribution in [2.24, 2.45) is 0 Å². The summed E-state index contributed by atoms with van der Waals surface area (Å²) in [6.45, 7) is 0. The van der Waals surface area contributed by atoms with Gasteiger partial charge in [0.15, 0.2) is 0 Å². The number of fused-ring (bicyclic) bond motifs is 1. The van der Waals surface area contributed by atoms with Gasteiger partial charge in [-0.05, 0) is 30.0 Å². The van der Waals surface area contributed by atoms with Crippen molar-refractivity contribution in [1.29, 1.82) is 5.26 Å². The summed E-state index contributed by atoms with van der Waals surface area (Å²) in [6, 6.07) is 3.86. The molecule has 3 rings (SSSR count). The van der Waals surface area contributed by atoms with E-state index in [4.69, 9.17) is 10.00 Å². The van der Waals surface area contributed by atoms with Gasteiger partial charge in [0.25, 0.3) is 5.92 Å². The summed E-state index contributed by atoms with van der Waals surface area (Å²) < 4.78 is 110. The van der Waals surface area contributed by atoms with Crippen LogP contribution in [0, 0.1) is 11.3 Å². The average Bonchev–Trinajstić information content (AvgIpc) is 2.85. The minimum atomic E-state index is -4.87. The van der Waals surface area contributed by atoms with E-state index in [1.54, 1.807) is 0 Å². The Hall–Kier alpha value is -2.59. The molecule has 1 atom stereocenters. The number of ether oxygens (including phenoxy) is 1. The molecule has 0 radical (unpaired) electrons. The third kappa shape index (κ3) is 4.44. The second-order valence-corrected chi connectivity index (χ2v) is 7.24. The van der Waals surface area contributed by atoms with Crippen LogP contribution in [0.15, 0.2) is 29.2 Å². The van der Waals surface area contributed by atoms with Gasteiger partial charge in [0.05, 0.1) is 5.56 Å². The molecule has 1 unspecified atom stereocenters. The lowest BCUT2D eigenvalue weighted by Crippen LogP contribution is -2.21. The van der Waals surface area contributed by atoms with E-state index in [0.29, 0.717) is 12.1 Å². The topological polar surface area (TPSA) is 66.1 Å². The first-order valence-electron chi connectivity index (χ1n) is 7.86. The van der Waals surface area contributed by atoms with Gasteiger partial charge >= 0.3 is 11.7 Å². The smallest absolute Gasteiger partial charge is 0.439 e. The van der Waals surface area contributed by atoms with Gasteiger partial charge in [0.2, 0.25) is 5.88 Å². The fraction of sp³-hybridized carbons (Fsp3) is 0.294. The molecule has 160 valence electrons. The van der Waals surface area contributed by atoms with Crippen LogP contribution in [0.5, 0.6) is 11.6 Å². The molecule has 0 saturated heterocycles. The summed E-state index contributed by atoms with van der Waals surface area (Å²) in [6.07, 6.45) is -8.63. The van der Waals surface area contributed by atoms with Crippen molar-refractivity contribution >= 4 is 11.8 Å². The Labute approximate surface area is 167 Å². The lowest BCUT2D eigenvalue weighted by Gasteiger charge is -2.17. The number of hydrogen-bond donors (Lipinski definition) is 1. The van der Waals surface area contributed by atoms with E-state index in [1.165, 1.54) is 6.07 Å². The maximum Gasteiger partial charge on any atom is 0.446 e. The quantitative estimate of drug-likeness (QED) is 0.481. The van der Waals surface area contributed by atoms with Gasteiger partial charge in [0.1, 0.15) is 23.6 Å². The number of alkyl halides is 8. The van der Waals surface area contributed by atoms with Crippen LogP contribution in [0.25, 0.3) is 0 Å². The third-order valence-electron chi connectivity index (χ3n) is 4.04. The summed E-state index contributed by atoms with van der Waals surface area (Å²) in [4.78, 5) is 2.81. The van der Waals surface area contributed by atoms with Gasteiger partial charge in [-0.15, -0.1) is 0 Å². The second-order valence-electron chi connectivity index (χ2n) is 6.13. The van der Waals surface area contributed by atoms with Crippen molar-refractivity contribution < 1.29 is 45.0 Å². The van der Waals surface area contributed by atoms with Gasteiger partial charge in [-0.2, -0.15) is 31.6 Å². The number of nitrogens with zero attached hydrogens (tertiary/aromatic N) is 2. The largest absolute Gasteiger partial charge is 0.446 e. The summed E-state index contributed by atoms with van der Waals surface area (Å²) >= 11 is -0.719. The van der Waals surface area contributed by atoms with Crippen molar-refractivity contribution in [2.75, 3.05) is 0 Å². The molecule has 0 fully saturated rings. The van der Waals surface area contributed by atoms with Gasteiger partial charge < -0.3 is 9.84 Å². The lowest BCUT2D eigenvalue weighted by atomic mass is 10.1. The number of pyridine rings is 1. The first kappa shape index (κ1) is 22.1. The van der Waals surface area contributed by atoms with Gasteiger partial charge in [-0.3, -0.25) is 0 Å². The van der Waals surface area contributed by atoms with Gasteiger partial charge in [-0.1, -0.05) is 0 Å². The number of benzene rings is 1. The first-order chi connectivity index (χ1) is 13.7. The van der Waals surface area contributed by atoms with Crippen LogP contribution in [-0.4, -0.2) is 21.5 Å². The molecule has 1 heterocycles. The SMILES string of the molecule is N#Cc1cc(C(F)(F)F)cc(Oc2ccc(SC(F)(F)F)c3c2CC(F)(F)C3O)n1. The summed E-state index contributed by atoms with van der Waals surface area (Å²) in [5, 5.41) is 18.7. The number of hydrogen-bond acceptors (Lipinski definition) is 5. The zero-order chi connectivity index (χ0) is 22.5. The van der Waals surface area contributed by atoms with Crippen LogP contribution >= 0.6 is 11.8 Å². The minimum absolute atomic E-state index is 0.412. The molecule has 1 aromatic heterocycles.